The van der Waals surface area contributed by atoms with Crippen molar-refractivity contribution in [2.24, 2.45) is 5.92 Å². The van der Waals surface area contributed by atoms with Crippen LogP contribution in [0.2, 0.25) is 0 Å². The predicted molar refractivity (Wildman–Crippen MR) is 66.3 cm³/mol. The summed E-state index contributed by atoms with van der Waals surface area (Å²) in [5.41, 5.74) is 2.71. The normalized spacial score (nSPS) is 25.1. The SMILES string of the molecule is CC1CC(Nc2cccc(C(C)C)c2)C1. The second kappa shape index (κ2) is 4.26. The van der Waals surface area contributed by atoms with Crippen LogP contribution < -0.4 is 5.32 Å². The third-order valence-electron chi connectivity index (χ3n) is 3.30. The summed E-state index contributed by atoms with van der Waals surface area (Å²) in [7, 11) is 0. The van der Waals surface area contributed by atoms with E-state index in [1.54, 1.807) is 0 Å². The molecule has 0 radical (unpaired) electrons. The van der Waals surface area contributed by atoms with Gasteiger partial charge in [-0.1, -0.05) is 32.9 Å². The summed E-state index contributed by atoms with van der Waals surface area (Å²) in [6, 6.07) is 9.53. The Bertz CT molecular complexity index is 324. The van der Waals surface area contributed by atoms with Gasteiger partial charge in [-0.25, -0.2) is 0 Å². The molecule has 1 N–H and O–H groups in total. The monoisotopic (exact) mass is 203 g/mol. The van der Waals surface area contributed by atoms with E-state index < -0.39 is 0 Å². The quantitative estimate of drug-likeness (QED) is 0.782. The summed E-state index contributed by atoms with van der Waals surface area (Å²) in [4.78, 5) is 0. The molecule has 1 fully saturated rings. The Morgan fingerprint density at radius 1 is 1.27 bits per heavy atom. The zero-order chi connectivity index (χ0) is 10.8. The Labute approximate surface area is 92.9 Å². The first-order chi connectivity index (χ1) is 7.15. The van der Waals surface area contributed by atoms with Crippen LogP contribution in [0.5, 0.6) is 0 Å². The van der Waals surface area contributed by atoms with Crippen LogP contribution in [-0.4, -0.2) is 6.04 Å². The minimum Gasteiger partial charge on any atom is -0.382 e. The molecule has 1 aromatic carbocycles. The molecule has 1 nitrogen and oxygen atoms in total. The van der Waals surface area contributed by atoms with Crippen LogP contribution in [0.1, 0.15) is 45.1 Å². The van der Waals surface area contributed by atoms with Gasteiger partial charge in [0.25, 0.3) is 0 Å². The highest BCUT2D eigenvalue weighted by atomic mass is 14.9. The summed E-state index contributed by atoms with van der Waals surface area (Å²) in [5.74, 6) is 1.53. The number of benzene rings is 1. The minimum atomic E-state index is 0.618. The van der Waals surface area contributed by atoms with Crippen LogP contribution >= 0.6 is 0 Å². The molecule has 0 heterocycles. The summed E-state index contributed by atoms with van der Waals surface area (Å²) >= 11 is 0. The van der Waals surface area contributed by atoms with Crippen molar-refractivity contribution in [1.29, 1.82) is 0 Å². The highest BCUT2D eigenvalue weighted by molar-refractivity contribution is 5.47. The number of anilines is 1. The number of hydrogen-bond acceptors (Lipinski definition) is 1. The van der Waals surface area contributed by atoms with Gasteiger partial charge in [0.15, 0.2) is 0 Å². The van der Waals surface area contributed by atoms with Crippen molar-refractivity contribution in [2.45, 2.75) is 45.6 Å². The summed E-state index contributed by atoms with van der Waals surface area (Å²) in [6.45, 7) is 6.80. The molecule has 1 aliphatic carbocycles. The lowest BCUT2D eigenvalue weighted by molar-refractivity contribution is 0.309. The number of nitrogens with one attached hydrogen (secondary N) is 1. The lowest BCUT2D eigenvalue weighted by atomic mass is 9.82. The van der Waals surface area contributed by atoms with Crippen LogP contribution in [0.4, 0.5) is 5.69 Å². The van der Waals surface area contributed by atoms with E-state index in [0.717, 1.165) is 5.92 Å². The molecule has 0 unspecified atom stereocenters. The Hall–Kier alpha value is -0.980. The van der Waals surface area contributed by atoms with Gasteiger partial charge in [-0.15, -0.1) is 0 Å². The fourth-order valence-electron chi connectivity index (χ4n) is 2.24. The third-order valence-corrected chi connectivity index (χ3v) is 3.30. The molecule has 1 saturated carbocycles. The first kappa shape index (κ1) is 10.5. The van der Waals surface area contributed by atoms with Gasteiger partial charge in [0, 0.05) is 11.7 Å². The Morgan fingerprint density at radius 2 is 2.00 bits per heavy atom. The maximum atomic E-state index is 3.60. The minimum absolute atomic E-state index is 0.618. The maximum Gasteiger partial charge on any atom is 0.0345 e. The van der Waals surface area contributed by atoms with E-state index in [2.05, 4.69) is 50.4 Å². The van der Waals surface area contributed by atoms with Crippen molar-refractivity contribution < 1.29 is 0 Å². The molecule has 0 aliphatic heterocycles. The van der Waals surface area contributed by atoms with E-state index in [1.807, 2.05) is 0 Å². The molecule has 1 aliphatic rings. The molecule has 1 aromatic rings. The Kier molecular flexibility index (Phi) is 2.99. The topological polar surface area (TPSA) is 12.0 Å². The fraction of sp³-hybridized carbons (Fsp3) is 0.571. The molecule has 0 saturated heterocycles. The smallest absolute Gasteiger partial charge is 0.0345 e. The number of rotatable bonds is 3. The van der Waals surface area contributed by atoms with E-state index in [-0.39, 0.29) is 0 Å². The van der Waals surface area contributed by atoms with E-state index in [4.69, 9.17) is 0 Å². The molecular weight excluding hydrogens is 182 g/mol. The predicted octanol–water partition coefficient (Wildman–Crippen LogP) is 4.02. The lowest BCUT2D eigenvalue weighted by Crippen LogP contribution is -2.33. The molecule has 1 heteroatoms. The summed E-state index contributed by atoms with van der Waals surface area (Å²) in [6.07, 6.45) is 2.65. The molecule has 82 valence electrons. The van der Waals surface area contributed by atoms with Crippen molar-refractivity contribution in [3.05, 3.63) is 29.8 Å². The second-order valence-corrected chi connectivity index (χ2v) is 5.20. The van der Waals surface area contributed by atoms with Gasteiger partial charge < -0.3 is 5.32 Å². The van der Waals surface area contributed by atoms with Crippen molar-refractivity contribution in [1.82, 2.24) is 0 Å². The molecule has 2 rings (SSSR count). The van der Waals surface area contributed by atoms with E-state index in [9.17, 15) is 0 Å². The van der Waals surface area contributed by atoms with Crippen molar-refractivity contribution in [3.63, 3.8) is 0 Å². The first-order valence-electron chi connectivity index (χ1n) is 6.01. The lowest BCUT2D eigenvalue weighted by Gasteiger charge is -2.34. The summed E-state index contributed by atoms with van der Waals surface area (Å²) in [5, 5.41) is 3.60. The van der Waals surface area contributed by atoms with Gasteiger partial charge in [-0.3, -0.25) is 0 Å². The highest BCUT2D eigenvalue weighted by Gasteiger charge is 2.24. The zero-order valence-electron chi connectivity index (χ0n) is 9.96. The Balaban J connectivity index is 1.99. The second-order valence-electron chi connectivity index (χ2n) is 5.20. The van der Waals surface area contributed by atoms with Gasteiger partial charge in [-0.2, -0.15) is 0 Å². The average Bonchev–Trinajstić information content (AvgIpc) is 2.16. The van der Waals surface area contributed by atoms with Gasteiger partial charge >= 0.3 is 0 Å². The molecule has 0 atom stereocenters. The fourth-order valence-corrected chi connectivity index (χ4v) is 2.24. The molecular formula is C14H21N. The van der Waals surface area contributed by atoms with Gasteiger partial charge in [-0.05, 0) is 42.4 Å². The Morgan fingerprint density at radius 3 is 2.60 bits per heavy atom. The zero-order valence-corrected chi connectivity index (χ0v) is 9.96. The molecule has 0 amide bonds. The highest BCUT2D eigenvalue weighted by Crippen LogP contribution is 2.30. The first-order valence-corrected chi connectivity index (χ1v) is 6.01. The van der Waals surface area contributed by atoms with Crippen molar-refractivity contribution >= 4 is 5.69 Å². The van der Waals surface area contributed by atoms with E-state index in [1.165, 1.54) is 24.1 Å². The van der Waals surface area contributed by atoms with E-state index >= 15 is 0 Å². The molecule has 15 heavy (non-hydrogen) atoms. The van der Waals surface area contributed by atoms with Crippen LogP contribution in [0, 0.1) is 5.92 Å². The number of hydrogen-bond donors (Lipinski definition) is 1. The van der Waals surface area contributed by atoms with Crippen LogP contribution in [0.15, 0.2) is 24.3 Å². The molecule has 0 spiro atoms. The molecule has 0 aromatic heterocycles. The summed E-state index contributed by atoms with van der Waals surface area (Å²) < 4.78 is 0. The standard InChI is InChI=1S/C14H21N/c1-10(2)12-5-4-6-13(9-12)15-14-7-11(3)8-14/h4-6,9-11,14-15H,7-8H2,1-3H3. The van der Waals surface area contributed by atoms with E-state index in [0.29, 0.717) is 12.0 Å². The van der Waals surface area contributed by atoms with Gasteiger partial charge in [0.1, 0.15) is 0 Å². The third kappa shape index (κ3) is 2.53. The average molecular weight is 203 g/mol. The van der Waals surface area contributed by atoms with Crippen LogP contribution in [-0.2, 0) is 0 Å². The molecule has 0 bridgehead atoms. The largest absolute Gasteiger partial charge is 0.382 e. The van der Waals surface area contributed by atoms with Gasteiger partial charge in [0.2, 0.25) is 0 Å². The van der Waals surface area contributed by atoms with Crippen molar-refractivity contribution in [2.75, 3.05) is 5.32 Å². The van der Waals surface area contributed by atoms with Crippen LogP contribution in [0.3, 0.4) is 0 Å². The van der Waals surface area contributed by atoms with Crippen LogP contribution in [0.25, 0.3) is 0 Å². The van der Waals surface area contributed by atoms with Crippen molar-refractivity contribution in [3.8, 4) is 0 Å². The van der Waals surface area contributed by atoms with Gasteiger partial charge in [0.05, 0.1) is 0 Å². The maximum absolute atomic E-state index is 3.60.